The Morgan fingerprint density at radius 3 is 2.66 bits per heavy atom. The van der Waals surface area contributed by atoms with Crippen molar-refractivity contribution in [1.29, 1.82) is 0 Å². The van der Waals surface area contributed by atoms with E-state index >= 15 is 0 Å². The van der Waals surface area contributed by atoms with E-state index in [-0.39, 0.29) is 5.82 Å². The zero-order valence-electron chi connectivity index (χ0n) is 19.8. The molecule has 0 aliphatic carbocycles. The molecule has 1 heterocycles. The third-order valence-corrected chi connectivity index (χ3v) is 5.87. The summed E-state index contributed by atoms with van der Waals surface area (Å²) in [5, 5.41) is 10.4. The highest BCUT2D eigenvalue weighted by Gasteiger charge is 2.11. The highest BCUT2D eigenvalue weighted by molar-refractivity contribution is 5.43. The van der Waals surface area contributed by atoms with Gasteiger partial charge in [0.2, 0.25) is 0 Å². The first kappa shape index (κ1) is 25.8. The molecule has 0 atom stereocenters. The number of allylic oxidation sites excluding steroid dienone is 2. The van der Waals surface area contributed by atoms with E-state index in [0.717, 1.165) is 80.6 Å². The van der Waals surface area contributed by atoms with Crippen LogP contribution in [0, 0.1) is 11.7 Å². The van der Waals surface area contributed by atoms with Crippen molar-refractivity contribution in [3.05, 3.63) is 71.5 Å². The number of aryl methyl sites for hydroxylation is 1. The van der Waals surface area contributed by atoms with E-state index in [0.29, 0.717) is 0 Å². The first-order valence-corrected chi connectivity index (χ1v) is 11.6. The summed E-state index contributed by atoms with van der Waals surface area (Å²) in [5.41, 5.74) is 3.77. The van der Waals surface area contributed by atoms with Crippen LogP contribution in [-0.4, -0.2) is 57.9 Å². The maximum atomic E-state index is 13.0. The summed E-state index contributed by atoms with van der Waals surface area (Å²) in [4.78, 5) is 6.28. The highest BCUT2D eigenvalue weighted by atomic mass is 19.1. The molecular formula is C26H40FN5. The summed E-state index contributed by atoms with van der Waals surface area (Å²) in [6.07, 6.45) is 8.48. The molecule has 0 bridgehead atoms. The lowest BCUT2D eigenvalue weighted by Gasteiger charge is -2.23. The van der Waals surface area contributed by atoms with Crippen molar-refractivity contribution in [2.75, 3.05) is 46.3 Å². The molecule has 3 N–H and O–H groups in total. The van der Waals surface area contributed by atoms with Gasteiger partial charge in [-0.25, -0.2) is 4.39 Å². The smallest absolute Gasteiger partial charge is 0.123 e. The average Bonchev–Trinajstić information content (AvgIpc) is 2.81. The lowest BCUT2D eigenvalue weighted by molar-refractivity contribution is 0.347. The number of hydrogen-bond acceptors (Lipinski definition) is 5. The Kier molecular flexibility index (Phi) is 11.8. The Hall–Kier alpha value is -2.44. The number of halogens is 1. The molecule has 1 aromatic rings. The van der Waals surface area contributed by atoms with E-state index in [4.69, 9.17) is 0 Å². The Morgan fingerprint density at radius 1 is 1.25 bits per heavy atom. The van der Waals surface area contributed by atoms with E-state index in [1.807, 2.05) is 25.1 Å². The van der Waals surface area contributed by atoms with Gasteiger partial charge in [0.15, 0.2) is 0 Å². The van der Waals surface area contributed by atoms with Crippen molar-refractivity contribution in [2.24, 2.45) is 10.9 Å². The molecule has 5 nitrogen and oxygen atoms in total. The molecule has 1 aliphatic heterocycles. The molecule has 176 valence electrons. The van der Waals surface area contributed by atoms with Crippen molar-refractivity contribution >= 4 is 6.72 Å². The number of nitrogens with one attached hydrogen (secondary N) is 3. The summed E-state index contributed by atoms with van der Waals surface area (Å²) >= 11 is 0. The molecule has 0 unspecified atom stereocenters. The molecule has 1 aliphatic rings. The molecule has 2 rings (SSSR count). The molecule has 0 amide bonds. The lowest BCUT2D eigenvalue weighted by atomic mass is 9.98. The van der Waals surface area contributed by atoms with Gasteiger partial charge in [0.1, 0.15) is 5.82 Å². The van der Waals surface area contributed by atoms with Crippen LogP contribution in [0.5, 0.6) is 0 Å². The van der Waals surface area contributed by atoms with Gasteiger partial charge in [0, 0.05) is 43.6 Å². The van der Waals surface area contributed by atoms with Gasteiger partial charge in [-0.2, -0.15) is 0 Å². The Balaban J connectivity index is 1.73. The number of benzene rings is 1. The van der Waals surface area contributed by atoms with Crippen LogP contribution < -0.4 is 16.0 Å². The third kappa shape index (κ3) is 9.79. The van der Waals surface area contributed by atoms with E-state index in [1.165, 1.54) is 25.0 Å². The maximum absolute atomic E-state index is 13.0. The van der Waals surface area contributed by atoms with E-state index in [1.54, 1.807) is 0 Å². The van der Waals surface area contributed by atoms with E-state index in [2.05, 4.69) is 52.4 Å². The molecule has 1 aromatic carbocycles. The molecule has 0 saturated carbocycles. The topological polar surface area (TPSA) is 51.7 Å². The van der Waals surface area contributed by atoms with Crippen molar-refractivity contribution < 1.29 is 4.39 Å². The standard InChI is InChI=1S/C26H40FN5/c1-21(28-3)26(22(2)31-14-5-6-23-7-9-25(27)10-8-23)13-18-32(4)19-17-30-20-24-11-15-29-16-12-24/h7-10,13,18,24,29-31H,2-3,5-6,11-12,14-17,19-20H2,1,4H3/b18-13-,26-21-. The maximum Gasteiger partial charge on any atom is 0.123 e. The van der Waals surface area contributed by atoms with E-state index < -0.39 is 0 Å². The van der Waals surface area contributed by atoms with Crippen molar-refractivity contribution in [3.63, 3.8) is 0 Å². The van der Waals surface area contributed by atoms with Gasteiger partial charge in [-0.1, -0.05) is 18.7 Å². The van der Waals surface area contributed by atoms with E-state index in [9.17, 15) is 4.39 Å². The van der Waals surface area contributed by atoms with Crippen molar-refractivity contribution in [3.8, 4) is 0 Å². The molecule has 6 heteroatoms. The number of nitrogens with zero attached hydrogens (tertiary/aromatic N) is 2. The van der Waals surface area contributed by atoms with Crippen LogP contribution >= 0.6 is 0 Å². The van der Waals surface area contributed by atoms with Gasteiger partial charge >= 0.3 is 0 Å². The Labute approximate surface area is 193 Å². The number of hydrogen-bond donors (Lipinski definition) is 3. The van der Waals surface area contributed by atoms with Crippen LogP contribution in [0.15, 0.2) is 65.1 Å². The second kappa shape index (κ2) is 14.6. The zero-order valence-corrected chi connectivity index (χ0v) is 19.8. The first-order chi connectivity index (χ1) is 15.5. The van der Waals surface area contributed by atoms with Crippen molar-refractivity contribution in [1.82, 2.24) is 20.9 Å². The summed E-state index contributed by atoms with van der Waals surface area (Å²) in [6.45, 7) is 15.9. The second-order valence-electron chi connectivity index (χ2n) is 8.49. The van der Waals surface area contributed by atoms with Gasteiger partial charge in [0.05, 0.1) is 0 Å². The monoisotopic (exact) mass is 441 g/mol. The van der Waals surface area contributed by atoms with Gasteiger partial charge < -0.3 is 20.9 Å². The number of likely N-dealkylation sites (N-methyl/N-ethyl adjacent to an activating group) is 1. The number of rotatable bonds is 14. The second-order valence-corrected chi connectivity index (χ2v) is 8.49. The summed E-state index contributed by atoms with van der Waals surface area (Å²) < 4.78 is 13.0. The quantitative estimate of drug-likeness (QED) is 0.233. The molecule has 32 heavy (non-hydrogen) atoms. The molecule has 0 radical (unpaired) electrons. The largest absolute Gasteiger partial charge is 0.385 e. The Bertz CT molecular complexity index is 763. The van der Waals surface area contributed by atoms with Crippen LogP contribution in [-0.2, 0) is 6.42 Å². The molecule has 1 fully saturated rings. The van der Waals surface area contributed by atoms with Crippen LogP contribution in [0.4, 0.5) is 4.39 Å². The fraction of sp³-hybridized carbons (Fsp3) is 0.500. The number of aliphatic imine (C=N–C) groups is 1. The Morgan fingerprint density at radius 2 is 1.97 bits per heavy atom. The number of piperidine rings is 1. The predicted molar refractivity (Wildman–Crippen MR) is 134 cm³/mol. The van der Waals surface area contributed by atoms with Gasteiger partial charge in [-0.3, -0.25) is 4.99 Å². The van der Waals surface area contributed by atoms with Gasteiger partial charge in [0.25, 0.3) is 0 Å². The fourth-order valence-electron chi connectivity index (χ4n) is 3.73. The zero-order chi connectivity index (χ0) is 23.2. The predicted octanol–water partition coefficient (Wildman–Crippen LogP) is 3.87. The minimum atomic E-state index is -0.197. The molecule has 0 aromatic heterocycles. The fourth-order valence-corrected chi connectivity index (χ4v) is 3.73. The third-order valence-electron chi connectivity index (χ3n) is 5.87. The van der Waals surface area contributed by atoms with Crippen molar-refractivity contribution in [2.45, 2.75) is 32.6 Å². The van der Waals surface area contributed by atoms with Gasteiger partial charge in [-0.15, -0.1) is 0 Å². The minimum Gasteiger partial charge on any atom is -0.385 e. The summed E-state index contributed by atoms with van der Waals surface area (Å²) in [5.74, 6) is 0.599. The molecule has 0 spiro atoms. The van der Waals surface area contributed by atoms with Crippen LogP contribution in [0.25, 0.3) is 0 Å². The SMILES string of the molecule is C=N/C(C)=C(/C=C\N(C)CCNCC1CCNCC1)C(=C)NCCCc1ccc(F)cc1. The van der Waals surface area contributed by atoms with Gasteiger partial charge in [-0.05, 0) is 94.8 Å². The molecule has 1 saturated heterocycles. The normalized spacial score (nSPS) is 15.5. The summed E-state index contributed by atoms with van der Waals surface area (Å²) in [6, 6.07) is 6.68. The van der Waals surface area contributed by atoms with Crippen LogP contribution in [0.1, 0.15) is 31.7 Å². The lowest BCUT2D eigenvalue weighted by Crippen LogP contribution is -2.35. The first-order valence-electron chi connectivity index (χ1n) is 11.6. The van der Waals surface area contributed by atoms with Crippen LogP contribution in [0.2, 0.25) is 0 Å². The molecular weight excluding hydrogens is 401 g/mol. The summed E-state index contributed by atoms with van der Waals surface area (Å²) in [7, 11) is 2.08. The van der Waals surface area contributed by atoms with Crippen LogP contribution in [0.3, 0.4) is 0 Å². The highest BCUT2D eigenvalue weighted by Crippen LogP contribution is 2.15. The minimum absolute atomic E-state index is 0.197. The average molecular weight is 442 g/mol.